The third-order valence-electron chi connectivity index (χ3n) is 7.99. The van der Waals surface area contributed by atoms with E-state index in [9.17, 15) is 22.8 Å². The molecule has 7 nitrogen and oxygen atoms in total. The molecule has 38 heavy (non-hydrogen) atoms. The summed E-state index contributed by atoms with van der Waals surface area (Å²) < 4.78 is 45.1. The summed E-state index contributed by atoms with van der Waals surface area (Å²) in [5, 5.41) is 3.16. The number of benzene rings is 1. The van der Waals surface area contributed by atoms with Crippen LogP contribution in [0.4, 0.5) is 13.2 Å². The lowest BCUT2D eigenvalue weighted by atomic mass is 9.95. The van der Waals surface area contributed by atoms with Gasteiger partial charge in [-0.15, -0.1) is 0 Å². The summed E-state index contributed by atoms with van der Waals surface area (Å²) in [6.07, 6.45) is 3.19. The van der Waals surface area contributed by atoms with Crippen molar-refractivity contribution in [3.63, 3.8) is 0 Å². The lowest BCUT2D eigenvalue weighted by Crippen LogP contribution is -2.49. The van der Waals surface area contributed by atoms with Crippen LogP contribution in [-0.2, 0) is 28.5 Å². The standard InChI is InChI=1S/C28H33F3N4O3/c29-28(30,31)22-6-5-20-7-11-34(27(37)24(20)14-22)18-26(36)33-25-17-35(23-8-12-38-13-9-23)16-21(25)4-3-19-2-1-10-32-15-19/h1-2,5-6,10,14-15,21,23,25H,3-4,7-9,11-13,16-18H2,(H,33,36)/t21-,25?/m0/s1. The van der Waals surface area contributed by atoms with Gasteiger partial charge < -0.3 is 15.0 Å². The molecule has 10 heteroatoms. The van der Waals surface area contributed by atoms with E-state index >= 15 is 0 Å². The summed E-state index contributed by atoms with van der Waals surface area (Å²) >= 11 is 0. The Kier molecular flexibility index (Phi) is 7.99. The van der Waals surface area contributed by atoms with Crippen LogP contribution in [0.1, 0.15) is 46.3 Å². The number of rotatable bonds is 7. The van der Waals surface area contributed by atoms with Crippen LogP contribution < -0.4 is 5.32 Å². The summed E-state index contributed by atoms with van der Waals surface area (Å²) in [6.45, 7) is 3.23. The van der Waals surface area contributed by atoms with Crippen LogP contribution in [0.5, 0.6) is 0 Å². The van der Waals surface area contributed by atoms with Gasteiger partial charge in [0.1, 0.15) is 0 Å². The third-order valence-corrected chi connectivity index (χ3v) is 7.99. The molecule has 2 fully saturated rings. The number of aromatic nitrogens is 1. The number of likely N-dealkylation sites (tertiary alicyclic amines) is 1. The average molecular weight is 531 g/mol. The van der Waals surface area contributed by atoms with Crippen molar-refractivity contribution in [1.29, 1.82) is 0 Å². The first-order valence-corrected chi connectivity index (χ1v) is 13.3. The highest BCUT2D eigenvalue weighted by Gasteiger charge is 2.38. The molecular formula is C28H33F3N4O3. The van der Waals surface area contributed by atoms with Gasteiger partial charge in [-0.25, -0.2) is 0 Å². The van der Waals surface area contributed by atoms with Gasteiger partial charge in [-0.3, -0.25) is 19.5 Å². The maximum Gasteiger partial charge on any atom is 0.416 e. The second kappa shape index (κ2) is 11.4. The van der Waals surface area contributed by atoms with Crippen molar-refractivity contribution in [2.75, 3.05) is 39.4 Å². The summed E-state index contributed by atoms with van der Waals surface area (Å²) in [5.41, 5.74) is 0.905. The zero-order valence-corrected chi connectivity index (χ0v) is 21.3. The largest absolute Gasteiger partial charge is 0.416 e. The summed E-state index contributed by atoms with van der Waals surface area (Å²) in [4.78, 5) is 34.1. The lowest BCUT2D eigenvalue weighted by Gasteiger charge is -2.31. The molecule has 5 rings (SSSR count). The van der Waals surface area contributed by atoms with Gasteiger partial charge in [0.15, 0.2) is 0 Å². The number of alkyl halides is 3. The van der Waals surface area contributed by atoms with Crippen molar-refractivity contribution in [1.82, 2.24) is 20.1 Å². The molecule has 2 amide bonds. The highest BCUT2D eigenvalue weighted by atomic mass is 19.4. The average Bonchev–Trinajstić information content (AvgIpc) is 3.32. The lowest BCUT2D eigenvalue weighted by molar-refractivity contribution is -0.137. The Balaban J connectivity index is 1.23. The van der Waals surface area contributed by atoms with Crippen molar-refractivity contribution < 1.29 is 27.5 Å². The SMILES string of the molecule is O=C(CN1CCc2ccc(C(F)(F)F)cc2C1=O)NC1CN(C2CCOCC2)C[C@@H]1CCc1cccnc1. The molecule has 2 saturated heterocycles. The minimum atomic E-state index is -4.53. The molecule has 2 atom stereocenters. The Morgan fingerprint density at radius 2 is 1.97 bits per heavy atom. The number of halogens is 3. The first kappa shape index (κ1) is 26.6. The van der Waals surface area contributed by atoms with Gasteiger partial charge in [0, 0.05) is 62.9 Å². The molecule has 1 N–H and O–H groups in total. The number of carbonyl (C=O) groups is 2. The summed E-state index contributed by atoms with van der Waals surface area (Å²) in [6, 6.07) is 7.60. The molecule has 1 aromatic carbocycles. The molecule has 3 aliphatic rings. The van der Waals surface area contributed by atoms with Crippen LogP contribution in [0.3, 0.4) is 0 Å². The minimum absolute atomic E-state index is 0.0276. The fraction of sp³-hybridized carbons (Fsp3) is 0.536. The van der Waals surface area contributed by atoms with E-state index in [2.05, 4.69) is 21.3 Å². The molecule has 3 aliphatic heterocycles. The van der Waals surface area contributed by atoms with E-state index in [1.54, 1.807) is 6.20 Å². The van der Waals surface area contributed by atoms with E-state index in [0.717, 1.165) is 69.7 Å². The van der Waals surface area contributed by atoms with Gasteiger partial charge in [0.05, 0.1) is 12.1 Å². The van der Waals surface area contributed by atoms with Crippen LogP contribution in [0.15, 0.2) is 42.7 Å². The van der Waals surface area contributed by atoms with Gasteiger partial charge >= 0.3 is 6.18 Å². The number of amides is 2. The quantitative estimate of drug-likeness (QED) is 0.595. The predicted molar refractivity (Wildman–Crippen MR) is 134 cm³/mol. The molecule has 1 unspecified atom stereocenters. The van der Waals surface area contributed by atoms with Gasteiger partial charge in [0.25, 0.3) is 5.91 Å². The predicted octanol–water partition coefficient (Wildman–Crippen LogP) is 3.33. The molecule has 1 aromatic heterocycles. The zero-order chi connectivity index (χ0) is 26.7. The minimum Gasteiger partial charge on any atom is -0.381 e. The Morgan fingerprint density at radius 1 is 1.16 bits per heavy atom. The highest BCUT2D eigenvalue weighted by Crippen LogP contribution is 2.32. The number of fused-ring (bicyclic) bond motifs is 1. The monoisotopic (exact) mass is 530 g/mol. The Labute approximate surface area is 220 Å². The van der Waals surface area contributed by atoms with Crippen LogP contribution in [0, 0.1) is 5.92 Å². The number of aryl methyl sites for hydroxylation is 1. The molecule has 0 radical (unpaired) electrons. The normalized spacial score (nSPS) is 22.9. The molecule has 204 valence electrons. The van der Waals surface area contributed by atoms with E-state index in [1.807, 2.05) is 12.3 Å². The number of nitrogens with zero attached hydrogens (tertiary/aromatic N) is 3. The molecule has 4 heterocycles. The van der Waals surface area contributed by atoms with E-state index in [-0.39, 0.29) is 30.0 Å². The van der Waals surface area contributed by atoms with Gasteiger partial charge in [0.2, 0.25) is 5.91 Å². The maximum absolute atomic E-state index is 13.2. The second-order valence-corrected chi connectivity index (χ2v) is 10.5. The summed E-state index contributed by atoms with van der Waals surface area (Å²) in [5.74, 6) is -0.566. The van der Waals surface area contributed by atoms with Crippen LogP contribution in [0.25, 0.3) is 0 Å². The van der Waals surface area contributed by atoms with Gasteiger partial charge in [-0.1, -0.05) is 12.1 Å². The summed E-state index contributed by atoms with van der Waals surface area (Å²) in [7, 11) is 0. The van der Waals surface area contributed by atoms with Gasteiger partial charge in [-0.05, 0) is 67.3 Å². The molecule has 0 bridgehead atoms. The third kappa shape index (κ3) is 6.18. The van der Waals surface area contributed by atoms with Crippen molar-refractivity contribution in [3.05, 3.63) is 65.0 Å². The van der Waals surface area contributed by atoms with Crippen molar-refractivity contribution in [3.8, 4) is 0 Å². The van der Waals surface area contributed by atoms with E-state index in [0.29, 0.717) is 24.6 Å². The Hall–Kier alpha value is -2.98. The molecule has 0 aliphatic carbocycles. The molecule has 0 saturated carbocycles. The van der Waals surface area contributed by atoms with Crippen molar-refractivity contribution in [2.45, 2.75) is 50.4 Å². The number of ether oxygens (including phenoxy) is 1. The number of carbonyl (C=O) groups excluding carboxylic acids is 2. The van der Waals surface area contributed by atoms with Crippen molar-refractivity contribution >= 4 is 11.8 Å². The number of nitrogens with one attached hydrogen (secondary N) is 1. The Morgan fingerprint density at radius 3 is 2.71 bits per heavy atom. The molecular weight excluding hydrogens is 497 g/mol. The van der Waals surface area contributed by atoms with E-state index < -0.39 is 17.6 Å². The fourth-order valence-electron chi connectivity index (χ4n) is 5.88. The zero-order valence-electron chi connectivity index (χ0n) is 21.3. The van der Waals surface area contributed by atoms with E-state index in [4.69, 9.17) is 4.74 Å². The maximum atomic E-state index is 13.2. The number of hydrogen-bond acceptors (Lipinski definition) is 5. The smallest absolute Gasteiger partial charge is 0.381 e. The van der Waals surface area contributed by atoms with Crippen LogP contribution >= 0.6 is 0 Å². The van der Waals surface area contributed by atoms with Gasteiger partial charge in [-0.2, -0.15) is 13.2 Å². The van der Waals surface area contributed by atoms with E-state index in [1.165, 1.54) is 11.0 Å². The first-order chi connectivity index (χ1) is 18.3. The fourth-order valence-corrected chi connectivity index (χ4v) is 5.88. The topological polar surface area (TPSA) is 74.8 Å². The van der Waals surface area contributed by atoms with Crippen LogP contribution in [-0.4, -0.2) is 78.1 Å². The molecule has 0 spiro atoms. The number of pyridine rings is 1. The Bertz CT molecular complexity index is 1140. The molecule has 2 aromatic rings. The second-order valence-electron chi connectivity index (χ2n) is 10.5. The highest BCUT2D eigenvalue weighted by molar-refractivity contribution is 5.99. The van der Waals surface area contributed by atoms with Crippen molar-refractivity contribution in [2.24, 2.45) is 5.92 Å². The first-order valence-electron chi connectivity index (χ1n) is 13.3. The number of hydrogen-bond donors (Lipinski definition) is 1. The van der Waals surface area contributed by atoms with Crippen LogP contribution in [0.2, 0.25) is 0 Å².